The van der Waals surface area contributed by atoms with Crippen molar-refractivity contribution in [2.75, 3.05) is 27.4 Å². The van der Waals surface area contributed by atoms with Crippen LogP contribution in [0.5, 0.6) is 0 Å². The topological polar surface area (TPSA) is 61.8 Å². The average molecular weight is 186 g/mol. The summed E-state index contributed by atoms with van der Waals surface area (Å²) in [7, 11) is 2.67. The Balaban J connectivity index is 2.89. The molecule has 0 spiro atoms. The molecule has 72 valence electrons. The molecular formula is C8H10O5. The van der Waals surface area contributed by atoms with Crippen molar-refractivity contribution in [2.24, 2.45) is 0 Å². The third kappa shape index (κ3) is 1.86. The van der Waals surface area contributed by atoms with Gasteiger partial charge in [0.2, 0.25) is 5.78 Å². The van der Waals surface area contributed by atoms with E-state index in [0.29, 0.717) is 0 Å². The first kappa shape index (κ1) is 9.73. The summed E-state index contributed by atoms with van der Waals surface area (Å²) in [5, 5.41) is 0. The van der Waals surface area contributed by atoms with E-state index in [9.17, 15) is 9.59 Å². The molecule has 1 aliphatic rings. The maximum Gasteiger partial charge on any atom is 0.345 e. The highest BCUT2D eigenvalue weighted by Crippen LogP contribution is 2.17. The van der Waals surface area contributed by atoms with Gasteiger partial charge >= 0.3 is 5.97 Å². The van der Waals surface area contributed by atoms with E-state index >= 15 is 0 Å². The van der Waals surface area contributed by atoms with Gasteiger partial charge in [-0.25, -0.2) is 4.79 Å². The minimum absolute atomic E-state index is 0.0376. The predicted molar refractivity (Wildman–Crippen MR) is 41.9 cm³/mol. The lowest BCUT2D eigenvalue weighted by atomic mass is 10.2. The Hall–Kier alpha value is -1.36. The van der Waals surface area contributed by atoms with Crippen molar-refractivity contribution in [3.63, 3.8) is 0 Å². The van der Waals surface area contributed by atoms with Crippen LogP contribution in [0.1, 0.15) is 0 Å². The summed E-state index contributed by atoms with van der Waals surface area (Å²) in [6.45, 7) is -0.000694. The molecule has 1 heterocycles. The summed E-state index contributed by atoms with van der Waals surface area (Å²) < 4.78 is 14.1. The lowest BCUT2D eigenvalue weighted by Gasteiger charge is -2.01. The van der Waals surface area contributed by atoms with Crippen LogP contribution in [0.4, 0.5) is 0 Å². The first-order valence-electron chi connectivity index (χ1n) is 3.67. The van der Waals surface area contributed by atoms with Crippen LogP contribution >= 0.6 is 0 Å². The van der Waals surface area contributed by atoms with Crippen LogP contribution in [0.3, 0.4) is 0 Å². The summed E-state index contributed by atoms with van der Waals surface area (Å²) in [6.07, 6.45) is 0. The first-order chi connectivity index (χ1) is 6.20. The Bertz CT molecular complexity index is 266. The van der Waals surface area contributed by atoms with Crippen molar-refractivity contribution in [1.29, 1.82) is 0 Å². The number of Topliss-reactive ketones (excluding diaryl/α,β-unsaturated/α-hetero) is 1. The van der Waals surface area contributed by atoms with Gasteiger partial charge in [0, 0.05) is 7.11 Å². The third-order valence-corrected chi connectivity index (χ3v) is 1.60. The fourth-order valence-electron chi connectivity index (χ4n) is 1.03. The van der Waals surface area contributed by atoms with E-state index in [1.807, 2.05) is 0 Å². The van der Waals surface area contributed by atoms with Gasteiger partial charge in [-0.3, -0.25) is 4.79 Å². The van der Waals surface area contributed by atoms with Gasteiger partial charge in [0.25, 0.3) is 0 Å². The molecule has 1 rings (SSSR count). The highest BCUT2D eigenvalue weighted by Gasteiger charge is 2.31. The van der Waals surface area contributed by atoms with Crippen molar-refractivity contribution in [3.8, 4) is 0 Å². The summed E-state index contributed by atoms with van der Waals surface area (Å²) in [6, 6.07) is 0. The number of methoxy groups -OCH3 is 2. The van der Waals surface area contributed by atoms with Crippen LogP contribution in [0.25, 0.3) is 0 Å². The van der Waals surface area contributed by atoms with Gasteiger partial charge < -0.3 is 14.2 Å². The van der Waals surface area contributed by atoms with Crippen molar-refractivity contribution >= 4 is 11.8 Å². The van der Waals surface area contributed by atoms with Gasteiger partial charge in [-0.15, -0.1) is 0 Å². The smallest absolute Gasteiger partial charge is 0.345 e. The van der Waals surface area contributed by atoms with E-state index < -0.39 is 5.97 Å². The molecule has 13 heavy (non-hydrogen) atoms. The molecule has 0 aromatic carbocycles. The highest BCUT2D eigenvalue weighted by atomic mass is 16.5. The summed E-state index contributed by atoms with van der Waals surface area (Å²) >= 11 is 0. The molecule has 0 radical (unpaired) electrons. The van der Waals surface area contributed by atoms with Gasteiger partial charge in [-0.2, -0.15) is 0 Å². The van der Waals surface area contributed by atoms with Gasteiger partial charge in [-0.1, -0.05) is 0 Å². The zero-order chi connectivity index (χ0) is 9.84. The number of rotatable bonds is 3. The predicted octanol–water partition coefficient (Wildman–Crippen LogP) is -0.341. The van der Waals surface area contributed by atoms with E-state index in [1.165, 1.54) is 14.2 Å². The Labute approximate surface area is 75.3 Å². The van der Waals surface area contributed by atoms with Crippen molar-refractivity contribution < 1.29 is 23.8 Å². The monoisotopic (exact) mass is 186 g/mol. The number of hydrogen-bond acceptors (Lipinski definition) is 5. The maximum absolute atomic E-state index is 11.1. The van der Waals surface area contributed by atoms with Crippen molar-refractivity contribution in [3.05, 3.63) is 11.3 Å². The minimum Gasteiger partial charge on any atom is -0.486 e. The molecule has 0 aliphatic carbocycles. The van der Waals surface area contributed by atoms with Crippen LogP contribution in [0.15, 0.2) is 11.3 Å². The first-order valence-corrected chi connectivity index (χ1v) is 3.67. The standard InChI is InChI=1S/C8H10O5/c1-11-4-6-7(8(10)12-2)5(9)3-13-6/h3-4H2,1-2H3. The maximum atomic E-state index is 11.1. The van der Waals surface area contributed by atoms with Crippen LogP contribution < -0.4 is 0 Å². The SMILES string of the molecule is COCC1=C(C(=O)OC)C(=O)CO1. The molecule has 0 saturated carbocycles. The molecule has 0 atom stereocenters. The van der Waals surface area contributed by atoms with E-state index in [0.717, 1.165) is 0 Å². The number of carbonyl (C=O) groups is 2. The van der Waals surface area contributed by atoms with Crippen LogP contribution in [-0.2, 0) is 23.8 Å². The second kappa shape index (κ2) is 4.04. The third-order valence-electron chi connectivity index (χ3n) is 1.60. The van der Waals surface area contributed by atoms with Gasteiger partial charge in [-0.05, 0) is 0 Å². The number of hydrogen-bond donors (Lipinski definition) is 0. The molecule has 5 nitrogen and oxygen atoms in total. The Morgan fingerprint density at radius 1 is 1.54 bits per heavy atom. The van der Waals surface area contributed by atoms with E-state index in [2.05, 4.69) is 4.74 Å². The Morgan fingerprint density at radius 3 is 2.77 bits per heavy atom. The normalized spacial score (nSPS) is 16.0. The highest BCUT2D eigenvalue weighted by molar-refractivity contribution is 6.19. The fraction of sp³-hybridized carbons (Fsp3) is 0.500. The van der Waals surface area contributed by atoms with Crippen molar-refractivity contribution in [2.45, 2.75) is 0 Å². The Kier molecular flexibility index (Phi) is 3.02. The molecule has 0 unspecified atom stereocenters. The van der Waals surface area contributed by atoms with Gasteiger partial charge in [0.1, 0.15) is 17.9 Å². The molecule has 0 fully saturated rings. The molecule has 5 heteroatoms. The lowest BCUT2D eigenvalue weighted by molar-refractivity contribution is -0.137. The fourth-order valence-corrected chi connectivity index (χ4v) is 1.03. The molecule has 0 aromatic heterocycles. The lowest BCUT2D eigenvalue weighted by Crippen LogP contribution is -2.13. The summed E-state index contributed by atoms with van der Waals surface area (Å²) in [5.41, 5.74) is -0.0376. The number of carbonyl (C=O) groups excluding carboxylic acids is 2. The van der Waals surface area contributed by atoms with Crippen LogP contribution in [0, 0.1) is 0 Å². The largest absolute Gasteiger partial charge is 0.486 e. The zero-order valence-corrected chi connectivity index (χ0v) is 7.46. The zero-order valence-electron chi connectivity index (χ0n) is 7.46. The number of ketones is 1. The molecular weight excluding hydrogens is 176 g/mol. The van der Waals surface area contributed by atoms with Crippen molar-refractivity contribution in [1.82, 2.24) is 0 Å². The quantitative estimate of drug-likeness (QED) is 0.445. The van der Waals surface area contributed by atoms with E-state index in [-0.39, 0.29) is 30.3 Å². The molecule has 0 saturated heterocycles. The van der Waals surface area contributed by atoms with E-state index in [4.69, 9.17) is 9.47 Å². The van der Waals surface area contributed by atoms with E-state index in [1.54, 1.807) is 0 Å². The summed E-state index contributed by atoms with van der Waals surface area (Å²) in [5.74, 6) is -0.784. The number of ether oxygens (including phenoxy) is 3. The molecule has 1 aliphatic heterocycles. The number of esters is 1. The molecule has 0 aromatic rings. The second-order valence-corrected chi connectivity index (χ2v) is 2.43. The van der Waals surface area contributed by atoms with Crippen LogP contribution in [-0.4, -0.2) is 39.2 Å². The van der Waals surface area contributed by atoms with Gasteiger partial charge in [0.05, 0.1) is 7.11 Å². The second-order valence-electron chi connectivity index (χ2n) is 2.43. The summed E-state index contributed by atoms with van der Waals surface area (Å²) in [4.78, 5) is 22.2. The Morgan fingerprint density at radius 2 is 2.23 bits per heavy atom. The molecule has 0 N–H and O–H groups in total. The molecule has 0 amide bonds. The molecule has 0 bridgehead atoms. The minimum atomic E-state index is -0.672. The van der Waals surface area contributed by atoms with Gasteiger partial charge in [0.15, 0.2) is 6.61 Å². The van der Waals surface area contributed by atoms with Crippen LogP contribution in [0.2, 0.25) is 0 Å². The average Bonchev–Trinajstić information content (AvgIpc) is 2.47.